The fourth-order valence-corrected chi connectivity index (χ4v) is 2.15. The highest BCUT2D eigenvalue weighted by Crippen LogP contribution is 2.22. The molecule has 7 heteroatoms. The molecule has 2 heterocycles. The molecule has 6 nitrogen and oxygen atoms in total. The molecule has 1 fully saturated rings. The van der Waals surface area contributed by atoms with Crippen LogP contribution in [0.15, 0.2) is 12.1 Å². The molecule has 4 N–H and O–H groups in total. The molecule has 19 heavy (non-hydrogen) atoms. The summed E-state index contributed by atoms with van der Waals surface area (Å²) in [6.07, 6.45) is 1.54. The molecule has 1 aliphatic rings. The Labute approximate surface area is 116 Å². The van der Waals surface area contributed by atoms with Crippen LogP contribution in [0.5, 0.6) is 0 Å². The summed E-state index contributed by atoms with van der Waals surface area (Å²) in [6.45, 7) is 3.27. The topological polar surface area (TPSA) is 89.3 Å². The van der Waals surface area contributed by atoms with Crippen LogP contribution in [0.3, 0.4) is 0 Å². The standard InChI is InChI=1S/C12H17ClN4O2/c1-12(4-6-19-7-5-12)16-11(18)10-8(13)2-3-9(15-10)17-14/h2-3H,4-7,14H2,1H3,(H,15,17)(H,16,18). The number of carbonyl (C=O) groups excluding carboxylic acids is 1. The zero-order valence-corrected chi connectivity index (χ0v) is 11.5. The summed E-state index contributed by atoms with van der Waals surface area (Å²) < 4.78 is 5.29. The van der Waals surface area contributed by atoms with Gasteiger partial charge in [0.1, 0.15) is 11.5 Å². The number of rotatable bonds is 3. The molecule has 0 spiro atoms. The molecule has 0 radical (unpaired) electrons. The minimum Gasteiger partial charge on any atom is -0.381 e. The number of ether oxygens (including phenoxy) is 1. The number of aromatic nitrogens is 1. The molecule has 104 valence electrons. The highest BCUT2D eigenvalue weighted by atomic mass is 35.5. The van der Waals surface area contributed by atoms with Crippen LogP contribution in [0.25, 0.3) is 0 Å². The van der Waals surface area contributed by atoms with Gasteiger partial charge >= 0.3 is 0 Å². The van der Waals surface area contributed by atoms with Gasteiger partial charge in [-0.1, -0.05) is 11.6 Å². The summed E-state index contributed by atoms with van der Waals surface area (Å²) in [7, 11) is 0. The van der Waals surface area contributed by atoms with E-state index < -0.39 is 0 Å². The number of nitrogens with two attached hydrogens (primary N) is 1. The molecule has 0 aliphatic carbocycles. The second kappa shape index (κ2) is 5.73. The number of nitrogen functional groups attached to an aromatic ring is 1. The van der Waals surface area contributed by atoms with Crippen molar-refractivity contribution in [3.05, 3.63) is 22.8 Å². The van der Waals surface area contributed by atoms with Crippen LogP contribution in [0.4, 0.5) is 5.82 Å². The fourth-order valence-electron chi connectivity index (χ4n) is 1.96. The average Bonchev–Trinajstić information content (AvgIpc) is 2.39. The summed E-state index contributed by atoms with van der Waals surface area (Å²) in [4.78, 5) is 16.3. The van der Waals surface area contributed by atoms with Gasteiger partial charge in [-0.25, -0.2) is 10.8 Å². The lowest BCUT2D eigenvalue weighted by molar-refractivity contribution is 0.0421. The molecular formula is C12H17ClN4O2. The van der Waals surface area contributed by atoms with Crippen LogP contribution in [0.2, 0.25) is 5.02 Å². The zero-order chi connectivity index (χ0) is 13.9. The molecule has 0 bridgehead atoms. The Hall–Kier alpha value is -1.37. The Morgan fingerprint density at radius 1 is 1.47 bits per heavy atom. The van der Waals surface area contributed by atoms with Crippen molar-refractivity contribution in [2.45, 2.75) is 25.3 Å². The van der Waals surface area contributed by atoms with E-state index in [2.05, 4.69) is 15.7 Å². The molecule has 1 aromatic heterocycles. The maximum Gasteiger partial charge on any atom is 0.271 e. The predicted molar refractivity (Wildman–Crippen MR) is 73.0 cm³/mol. The van der Waals surface area contributed by atoms with Gasteiger partial charge in [-0.15, -0.1) is 0 Å². The molecule has 1 aliphatic heterocycles. The van der Waals surface area contributed by atoms with Gasteiger partial charge in [-0.05, 0) is 31.9 Å². The molecule has 1 saturated heterocycles. The molecular weight excluding hydrogens is 268 g/mol. The van der Waals surface area contributed by atoms with E-state index in [0.29, 0.717) is 24.1 Å². The number of hydrogen-bond acceptors (Lipinski definition) is 5. The number of anilines is 1. The van der Waals surface area contributed by atoms with Crippen molar-refractivity contribution in [1.82, 2.24) is 10.3 Å². The molecule has 0 aromatic carbocycles. The van der Waals surface area contributed by atoms with Gasteiger partial charge in [0.15, 0.2) is 0 Å². The van der Waals surface area contributed by atoms with E-state index in [1.807, 2.05) is 6.92 Å². The Bertz CT molecular complexity index is 475. The van der Waals surface area contributed by atoms with Crippen molar-refractivity contribution in [3.63, 3.8) is 0 Å². The Morgan fingerprint density at radius 3 is 2.79 bits per heavy atom. The second-order valence-electron chi connectivity index (χ2n) is 4.80. The molecule has 1 aromatic rings. The van der Waals surface area contributed by atoms with E-state index in [0.717, 1.165) is 12.8 Å². The Balaban J connectivity index is 2.15. The monoisotopic (exact) mass is 284 g/mol. The number of hydrogen-bond donors (Lipinski definition) is 3. The van der Waals surface area contributed by atoms with Gasteiger partial charge < -0.3 is 15.5 Å². The number of nitrogens with zero attached hydrogens (tertiary/aromatic N) is 1. The highest BCUT2D eigenvalue weighted by molar-refractivity contribution is 6.33. The summed E-state index contributed by atoms with van der Waals surface area (Å²) in [5, 5.41) is 3.27. The number of halogens is 1. The van der Waals surface area contributed by atoms with E-state index in [9.17, 15) is 4.79 Å². The highest BCUT2D eigenvalue weighted by Gasteiger charge is 2.30. The lowest BCUT2D eigenvalue weighted by Gasteiger charge is -2.34. The maximum atomic E-state index is 12.2. The minimum absolute atomic E-state index is 0.171. The Morgan fingerprint density at radius 2 is 2.16 bits per heavy atom. The number of pyridine rings is 1. The third-order valence-corrected chi connectivity index (χ3v) is 3.53. The van der Waals surface area contributed by atoms with Gasteiger partial charge in [0.05, 0.1) is 5.02 Å². The minimum atomic E-state index is -0.300. The average molecular weight is 285 g/mol. The van der Waals surface area contributed by atoms with Gasteiger partial charge in [0.25, 0.3) is 5.91 Å². The number of carbonyl (C=O) groups is 1. The largest absolute Gasteiger partial charge is 0.381 e. The zero-order valence-electron chi connectivity index (χ0n) is 10.7. The van der Waals surface area contributed by atoms with Crippen LogP contribution in [-0.4, -0.2) is 29.6 Å². The van der Waals surface area contributed by atoms with E-state index in [-0.39, 0.29) is 17.1 Å². The van der Waals surface area contributed by atoms with Gasteiger partial charge in [0.2, 0.25) is 0 Å². The summed E-state index contributed by atoms with van der Waals surface area (Å²) in [5.41, 5.74) is 2.28. The van der Waals surface area contributed by atoms with Crippen LogP contribution >= 0.6 is 11.6 Å². The van der Waals surface area contributed by atoms with Gasteiger partial charge in [-0.2, -0.15) is 0 Å². The first kappa shape index (κ1) is 14.0. The smallest absolute Gasteiger partial charge is 0.271 e. The number of nitrogens with one attached hydrogen (secondary N) is 2. The van der Waals surface area contributed by atoms with Crippen molar-refractivity contribution < 1.29 is 9.53 Å². The normalized spacial score (nSPS) is 17.8. The first-order valence-corrected chi connectivity index (χ1v) is 6.45. The summed E-state index contributed by atoms with van der Waals surface area (Å²) >= 11 is 5.99. The molecule has 1 amide bonds. The number of hydrazine groups is 1. The van der Waals surface area contributed by atoms with Crippen molar-refractivity contribution in [3.8, 4) is 0 Å². The van der Waals surface area contributed by atoms with Crippen molar-refractivity contribution in [2.75, 3.05) is 18.6 Å². The van der Waals surface area contributed by atoms with Crippen molar-refractivity contribution >= 4 is 23.3 Å². The van der Waals surface area contributed by atoms with Crippen LogP contribution < -0.4 is 16.6 Å². The lowest BCUT2D eigenvalue weighted by Crippen LogP contribution is -2.49. The van der Waals surface area contributed by atoms with Gasteiger partial charge in [0, 0.05) is 18.8 Å². The van der Waals surface area contributed by atoms with E-state index in [1.165, 1.54) is 0 Å². The van der Waals surface area contributed by atoms with Gasteiger partial charge in [-0.3, -0.25) is 4.79 Å². The number of amides is 1. The summed E-state index contributed by atoms with van der Waals surface area (Å²) in [6, 6.07) is 3.19. The maximum absolute atomic E-state index is 12.2. The SMILES string of the molecule is CC1(NC(=O)c2nc(NN)ccc2Cl)CCOCC1. The van der Waals surface area contributed by atoms with Crippen LogP contribution in [0.1, 0.15) is 30.3 Å². The fraction of sp³-hybridized carbons (Fsp3) is 0.500. The molecule has 2 rings (SSSR count). The molecule has 0 unspecified atom stereocenters. The second-order valence-corrected chi connectivity index (χ2v) is 5.21. The first-order valence-electron chi connectivity index (χ1n) is 6.07. The van der Waals surface area contributed by atoms with E-state index in [1.54, 1.807) is 12.1 Å². The van der Waals surface area contributed by atoms with E-state index >= 15 is 0 Å². The lowest BCUT2D eigenvalue weighted by atomic mass is 9.92. The predicted octanol–water partition coefficient (Wildman–Crippen LogP) is 1.32. The van der Waals surface area contributed by atoms with Crippen molar-refractivity contribution in [2.24, 2.45) is 5.84 Å². The third-order valence-electron chi connectivity index (χ3n) is 3.22. The van der Waals surface area contributed by atoms with Crippen LogP contribution in [-0.2, 0) is 4.74 Å². The first-order chi connectivity index (χ1) is 9.04. The molecule has 0 saturated carbocycles. The molecule has 0 atom stereocenters. The Kier molecular flexibility index (Phi) is 4.24. The van der Waals surface area contributed by atoms with Crippen LogP contribution in [0, 0.1) is 0 Å². The summed E-state index contributed by atoms with van der Waals surface area (Å²) in [5.74, 6) is 5.37. The third kappa shape index (κ3) is 3.34. The quantitative estimate of drug-likeness (QED) is 0.575. The van der Waals surface area contributed by atoms with Crippen molar-refractivity contribution in [1.29, 1.82) is 0 Å². The van der Waals surface area contributed by atoms with E-state index in [4.69, 9.17) is 22.2 Å².